The Morgan fingerprint density at radius 1 is 1.17 bits per heavy atom. The van der Waals surface area contributed by atoms with Crippen molar-refractivity contribution in [1.29, 1.82) is 0 Å². The highest BCUT2D eigenvalue weighted by atomic mass is 16.4. The lowest BCUT2D eigenvalue weighted by Gasteiger charge is -2.12. The van der Waals surface area contributed by atoms with Gasteiger partial charge in [0.05, 0.1) is 0 Å². The van der Waals surface area contributed by atoms with E-state index in [4.69, 9.17) is 5.11 Å². The number of nitrogens with one attached hydrogen (secondary N) is 2. The van der Waals surface area contributed by atoms with Crippen molar-refractivity contribution in [2.45, 2.75) is 58.5 Å². The Morgan fingerprint density at radius 3 is 2.54 bits per heavy atom. The molecule has 3 N–H and O–H groups in total. The largest absolute Gasteiger partial charge is 0.481 e. The van der Waals surface area contributed by atoms with Crippen LogP contribution in [0.1, 0.15) is 61.9 Å². The molecule has 1 rings (SSSR count). The second kappa shape index (κ2) is 10.4. The minimum absolute atomic E-state index is 0.0839. The number of rotatable bonds is 10. The number of carbonyl (C=O) groups excluding carboxylic acids is 2. The van der Waals surface area contributed by atoms with Crippen molar-refractivity contribution in [3.05, 3.63) is 35.4 Å². The summed E-state index contributed by atoms with van der Waals surface area (Å²) in [7, 11) is 0. The summed E-state index contributed by atoms with van der Waals surface area (Å²) >= 11 is 0. The van der Waals surface area contributed by atoms with Crippen molar-refractivity contribution in [3.63, 3.8) is 0 Å². The number of benzene rings is 1. The molecule has 0 aliphatic heterocycles. The molecule has 0 radical (unpaired) electrons. The van der Waals surface area contributed by atoms with E-state index in [-0.39, 0.29) is 24.3 Å². The molecule has 1 atom stereocenters. The second-order valence-corrected chi connectivity index (χ2v) is 5.86. The van der Waals surface area contributed by atoms with Crippen LogP contribution < -0.4 is 10.6 Å². The van der Waals surface area contributed by atoms with Gasteiger partial charge < -0.3 is 15.7 Å². The van der Waals surface area contributed by atoms with Gasteiger partial charge >= 0.3 is 5.97 Å². The van der Waals surface area contributed by atoms with Crippen LogP contribution in [0.4, 0.5) is 0 Å². The molecule has 0 spiro atoms. The van der Waals surface area contributed by atoms with E-state index in [0.29, 0.717) is 31.4 Å². The molecular weight excluding hydrogens is 308 g/mol. The number of amides is 2. The summed E-state index contributed by atoms with van der Waals surface area (Å²) in [5.41, 5.74) is 1.43. The average Bonchev–Trinajstić information content (AvgIpc) is 2.56. The molecule has 0 aromatic heterocycles. The fraction of sp³-hybridized carbons (Fsp3) is 0.500. The Morgan fingerprint density at radius 2 is 1.88 bits per heavy atom. The zero-order valence-corrected chi connectivity index (χ0v) is 14.3. The number of carboxylic acid groups (broad SMARTS) is 1. The van der Waals surface area contributed by atoms with Crippen LogP contribution in [-0.2, 0) is 16.1 Å². The summed E-state index contributed by atoms with van der Waals surface area (Å²) < 4.78 is 0. The Kier molecular flexibility index (Phi) is 8.54. The Bertz CT molecular complexity index is 572. The maximum absolute atomic E-state index is 12.1. The molecule has 0 saturated heterocycles. The minimum atomic E-state index is -0.845. The number of carbonyl (C=O) groups is 3. The smallest absolute Gasteiger partial charge is 0.303 e. The van der Waals surface area contributed by atoms with Crippen LogP contribution in [0.5, 0.6) is 0 Å². The van der Waals surface area contributed by atoms with Gasteiger partial charge in [0.1, 0.15) is 0 Å². The van der Waals surface area contributed by atoms with Crippen LogP contribution in [0.25, 0.3) is 0 Å². The second-order valence-electron chi connectivity index (χ2n) is 5.86. The third-order valence-corrected chi connectivity index (χ3v) is 3.71. The molecule has 24 heavy (non-hydrogen) atoms. The van der Waals surface area contributed by atoms with Crippen LogP contribution in [0.3, 0.4) is 0 Å². The van der Waals surface area contributed by atoms with E-state index in [9.17, 15) is 14.4 Å². The fourth-order valence-electron chi connectivity index (χ4n) is 2.08. The highest BCUT2D eigenvalue weighted by Gasteiger charge is 2.09. The average molecular weight is 334 g/mol. The summed E-state index contributed by atoms with van der Waals surface area (Å²) in [6.07, 6.45) is 2.30. The molecule has 0 fully saturated rings. The fourth-order valence-corrected chi connectivity index (χ4v) is 2.08. The maximum Gasteiger partial charge on any atom is 0.303 e. The third-order valence-electron chi connectivity index (χ3n) is 3.71. The first-order valence-corrected chi connectivity index (χ1v) is 8.30. The van der Waals surface area contributed by atoms with Crippen molar-refractivity contribution in [2.24, 2.45) is 0 Å². The molecule has 132 valence electrons. The van der Waals surface area contributed by atoms with Gasteiger partial charge in [-0.05, 0) is 43.9 Å². The molecule has 0 bridgehead atoms. The van der Waals surface area contributed by atoms with E-state index in [1.165, 1.54) is 0 Å². The summed E-state index contributed by atoms with van der Waals surface area (Å²) in [6.45, 7) is 4.31. The lowest BCUT2D eigenvalue weighted by molar-refractivity contribution is -0.137. The van der Waals surface area contributed by atoms with Crippen LogP contribution in [0.15, 0.2) is 24.3 Å². The van der Waals surface area contributed by atoms with E-state index in [2.05, 4.69) is 10.6 Å². The topological polar surface area (TPSA) is 95.5 Å². The molecule has 1 aromatic carbocycles. The van der Waals surface area contributed by atoms with E-state index in [1.54, 1.807) is 18.2 Å². The first-order valence-electron chi connectivity index (χ1n) is 8.30. The molecule has 0 saturated carbocycles. The van der Waals surface area contributed by atoms with Gasteiger partial charge in [0, 0.05) is 31.0 Å². The molecule has 6 heteroatoms. The van der Waals surface area contributed by atoms with Crippen molar-refractivity contribution in [1.82, 2.24) is 10.6 Å². The van der Waals surface area contributed by atoms with Gasteiger partial charge in [0.2, 0.25) is 5.91 Å². The normalized spacial score (nSPS) is 11.6. The van der Waals surface area contributed by atoms with E-state index in [0.717, 1.165) is 12.0 Å². The van der Waals surface area contributed by atoms with E-state index in [1.807, 2.05) is 19.9 Å². The molecular formula is C18H26N2O4. The number of aliphatic carboxylic acids is 1. The van der Waals surface area contributed by atoms with Gasteiger partial charge in [-0.3, -0.25) is 14.4 Å². The molecule has 0 aliphatic rings. The lowest BCUT2D eigenvalue weighted by Crippen LogP contribution is -2.32. The lowest BCUT2D eigenvalue weighted by atomic mass is 10.1. The number of hydrogen-bond acceptors (Lipinski definition) is 3. The van der Waals surface area contributed by atoms with Gasteiger partial charge in [-0.15, -0.1) is 0 Å². The molecule has 1 aromatic rings. The first-order chi connectivity index (χ1) is 11.4. The van der Waals surface area contributed by atoms with Gasteiger partial charge in [-0.25, -0.2) is 0 Å². The Balaban J connectivity index is 2.43. The summed E-state index contributed by atoms with van der Waals surface area (Å²) in [5, 5.41) is 14.2. The highest BCUT2D eigenvalue weighted by Crippen LogP contribution is 2.07. The Hall–Kier alpha value is -2.37. The standard InChI is InChI=1S/C18H26N2O4/c1-3-13(2)20-18(24)15-8-6-7-14(11-15)12-19-16(21)9-4-5-10-17(22)23/h6-8,11,13H,3-5,9-10,12H2,1-2H3,(H,19,21)(H,20,24)(H,22,23). The number of carboxylic acids is 1. The van der Waals surface area contributed by atoms with E-state index < -0.39 is 5.97 Å². The zero-order valence-electron chi connectivity index (χ0n) is 14.3. The van der Waals surface area contributed by atoms with Crippen molar-refractivity contribution < 1.29 is 19.5 Å². The van der Waals surface area contributed by atoms with Crippen LogP contribution in [0, 0.1) is 0 Å². The van der Waals surface area contributed by atoms with Crippen molar-refractivity contribution in [2.75, 3.05) is 0 Å². The number of hydrogen-bond donors (Lipinski definition) is 3. The van der Waals surface area contributed by atoms with Gasteiger partial charge in [0.25, 0.3) is 5.91 Å². The van der Waals surface area contributed by atoms with E-state index >= 15 is 0 Å². The molecule has 0 aliphatic carbocycles. The van der Waals surface area contributed by atoms with Crippen LogP contribution in [0.2, 0.25) is 0 Å². The SMILES string of the molecule is CCC(C)NC(=O)c1cccc(CNC(=O)CCCCC(=O)O)c1. The molecule has 2 amide bonds. The monoisotopic (exact) mass is 334 g/mol. The highest BCUT2D eigenvalue weighted by molar-refractivity contribution is 5.94. The third kappa shape index (κ3) is 7.76. The van der Waals surface area contributed by atoms with Crippen LogP contribution in [-0.4, -0.2) is 28.9 Å². The quantitative estimate of drug-likeness (QED) is 0.573. The molecule has 1 unspecified atom stereocenters. The summed E-state index contributed by atoms with van der Waals surface area (Å²) in [5.74, 6) is -1.08. The van der Waals surface area contributed by atoms with Gasteiger partial charge in [-0.2, -0.15) is 0 Å². The van der Waals surface area contributed by atoms with Gasteiger partial charge in [0.15, 0.2) is 0 Å². The summed E-state index contributed by atoms with van der Waals surface area (Å²) in [6, 6.07) is 7.27. The minimum Gasteiger partial charge on any atom is -0.481 e. The first kappa shape index (κ1) is 19.7. The molecule has 6 nitrogen and oxygen atoms in total. The van der Waals surface area contributed by atoms with Crippen molar-refractivity contribution in [3.8, 4) is 0 Å². The predicted octanol–water partition coefficient (Wildman–Crippen LogP) is 2.48. The maximum atomic E-state index is 12.1. The predicted molar refractivity (Wildman–Crippen MR) is 91.6 cm³/mol. The van der Waals surface area contributed by atoms with Crippen LogP contribution >= 0.6 is 0 Å². The number of unbranched alkanes of at least 4 members (excludes halogenated alkanes) is 1. The van der Waals surface area contributed by atoms with Gasteiger partial charge in [-0.1, -0.05) is 19.1 Å². The van der Waals surface area contributed by atoms with Crippen molar-refractivity contribution >= 4 is 17.8 Å². The zero-order chi connectivity index (χ0) is 17.9. The molecule has 0 heterocycles. The Labute approximate surface area is 142 Å². The summed E-state index contributed by atoms with van der Waals surface area (Å²) in [4.78, 5) is 34.2.